The van der Waals surface area contributed by atoms with Gasteiger partial charge in [0.05, 0.1) is 22.8 Å². The van der Waals surface area contributed by atoms with Crippen molar-refractivity contribution in [2.45, 2.75) is 58.3 Å². The quantitative estimate of drug-likeness (QED) is 0.914. The summed E-state index contributed by atoms with van der Waals surface area (Å²) < 4.78 is 6.16. The van der Waals surface area contributed by atoms with Gasteiger partial charge in [0.1, 0.15) is 12.1 Å². The lowest BCUT2D eigenvalue weighted by Crippen LogP contribution is -2.38. The minimum Gasteiger partial charge on any atom is -0.367 e. The smallest absolute Gasteiger partial charge is 0.137 e. The van der Waals surface area contributed by atoms with Crippen molar-refractivity contribution in [2.75, 3.05) is 5.32 Å². The lowest BCUT2D eigenvalue weighted by molar-refractivity contribution is -0.0662. The molecule has 0 amide bonds. The van der Waals surface area contributed by atoms with Crippen molar-refractivity contribution in [3.8, 4) is 0 Å². The molecule has 1 aliphatic rings. The Balaban J connectivity index is 1.99. The molecule has 0 aliphatic carbocycles. The molecule has 0 radical (unpaired) electrons. The summed E-state index contributed by atoms with van der Waals surface area (Å²) in [5, 5.41) is 4.69. The van der Waals surface area contributed by atoms with Crippen molar-refractivity contribution in [2.24, 2.45) is 0 Å². The van der Waals surface area contributed by atoms with E-state index < -0.39 is 0 Å². The van der Waals surface area contributed by atoms with Crippen LogP contribution in [-0.2, 0) is 4.74 Å². The van der Waals surface area contributed by atoms with E-state index in [1.165, 1.54) is 5.56 Å². The number of hydrogen-bond donors (Lipinski definition) is 1. The van der Waals surface area contributed by atoms with Gasteiger partial charge in [0.2, 0.25) is 0 Å². The van der Waals surface area contributed by atoms with Crippen molar-refractivity contribution < 1.29 is 4.74 Å². The van der Waals surface area contributed by atoms with E-state index in [4.69, 9.17) is 4.74 Å². The summed E-state index contributed by atoms with van der Waals surface area (Å²) in [5.74, 6) is 0.900. The van der Waals surface area contributed by atoms with Gasteiger partial charge in [-0.15, -0.1) is 0 Å². The van der Waals surface area contributed by atoms with Crippen LogP contribution in [0.4, 0.5) is 5.82 Å². The van der Waals surface area contributed by atoms with Crippen molar-refractivity contribution in [1.82, 2.24) is 9.97 Å². The minimum absolute atomic E-state index is 0.112. The summed E-state index contributed by atoms with van der Waals surface area (Å²) >= 11 is 0. The van der Waals surface area contributed by atoms with Crippen LogP contribution in [0, 0.1) is 6.92 Å². The van der Waals surface area contributed by atoms with Crippen LogP contribution in [-0.4, -0.2) is 27.2 Å². The minimum atomic E-state index is -0.219. The van der Waals surface area contributed by atoms with Crippen molar-refractivity contribution in [1.29, 1.82) is 0 Å². The molecule has 1 aliphatic heterocycles. The average Bonchev–Trinajstić information content (AvgIpc) is 2.57. The van der Waals surface area contributed by atoms with Crippen LogP contribution in [0.2, 0.25) is 0 Å². The molecule has 1 aromatic carbocycles. The van der Waals surface area contributed by atoms with Gasteiger partial charge in [0.15, 0.2) is 0 Å². The van der Waals surface area contributed by atoms with Gasteiger partial charge in [-0.05, 0) is 52.7 Å². The Kier molecular flexibility index (Phi) is 3.17. The zero-order valence-electron chi connectivity index (χ0n) is 13.4. The Labute approximate surface area is 125 Å². The second-order valence-electron chi connectivity index (χ2n) is 7.06. The molecule has 0 spiro atoms. The molecule has 1 saturated heterocycles. The zero-order valence-corrected chi connectivity index (χ0v) is 13.4. The average molecular weight is 285 g/mol. The molecular formula is C17H23N3O. The third-order valence-corrected chi connectivity index (χ3v) is 4.26. The maximum absolute atomic E-state index is 6.16. The number of aryl methyl sites for hydroxylation is 1. The molecule has 112 valence electrons. The fourth-order valence-corrected chi connectivity index (χ4v) is 3.34. The van der Waals surface area contributed by atoms with Gasteiger partial charge in [0, 0.05) is 5.39 Å². The van der Waals surface area contributed by atoms with Gasteiger partial charge in [-0.3, -0.25) is 0 Å². The summed E-state index contributed by atoms with van der Waals surface area (Å²) in [6.45, 7) is 10.6. The summed E-state index contributed by atoms with van der Waals surface area (Å²) in [6, 6.07) is 6.37. The lowest BCUT2D eigenvalue weighted by Gasteiger charge is -2.28. The Morgan fingerprint density at radius 1 is 1.19 bits per heavy atom. The molecule has 2 aromatic rings. The van der Waals surface area contributed by atoms with Crippen molar-refractivity contribution >= 4 is 16.7 Å². The Hall–Kier alpha value is -1.68. The topological polar surface area (TPSA) is 47.0 Å². The van der Waals surface area contributed by atoms with Crippen LogP contribution in [0.25, 0.3) is 10.9 Å². The van der Waals surface area contributed by atoms with Crippen molar-refractivity contribution in [3.63, 3.8) is 0 Å². The van der Waals surface area contributed by atoms with E-state index in [0.717, 1.165) is 23.1 Å². The number of rotatable bonds is 2. The SMILES string of the molecule is Cc1cccc2ncnc(NC3CC(C)(C)OC3(C)C)c12. The van der Waals surface area contributed by atoms with Crippen LogP contribution < -0.4 is 5.32 Å². The van der Waals surface area contributed by atoms with Crippen molar-refractivity contribution in [3.05, 3.63) is 30.1 Å². The predicted molar refractivity (Wildman–Crippen MR) is 85.5 cm³/mol. The number of anilines is 1. The van der Waals surface area contributed by atoms with E-state index in [1.807, 2.05) is 12.1 Å². The molecule has 1 N–H and O–H groups in total. The molecule has 1 unspecified atom stereocenters. The highest BCUT2D eigenvalue weighted by atomic mass is 16.5. The molecule has 1 atom stereocenters. The second kappa shape index (κ2) is 4.67. The first-order valence-electron chi connectivity index (χ1n) is 7.46. The maximum Gasteiger partial charge on any atom is 0.137 e. The monoisotopic (exact) mass is 285 g/mol. The van der Waals surface area contributed by atoms with Gasteiger partial charge >= 0.3 is 0 Å². The number of fused-ring (bicyclic) bond motifs is 1. The molecule has 4 nitrogen and oxygen atoms in total. The second-order valence-corrected chi connectivity index (χ2v) is 7.06. The van der Waals surface area contributed by atoms with Gasteiger partial charge in [-0.1, -0.05) is 12.1 Å². The largest absolute Gasteiger partial charge is 0.367 e. The van der Waals surface area contributed by atoms with E-state index in [2.05, 4.69) is 56.0 Å². The fraction of sp³-hybridized carbons (Fsp3) is 0.529. The molecule has 3 rings (SSSR count). The summed E-state index contributed by atoms with van der Waals surface area (Å²) in [7, 11) is 0. The van der Waals surface area contributed by atoms with Crippen LogP contribution >= 0.6 is 0 Å². The maximum atomic E-state index is 6.16. The third-order valence-electron chi connectivity index (χ3n) is 4.26. The number of nitrogens with one attached hydrogen (secondary N) is 1. The van der Waals surface area contributed by atoms with E-state index >= 15 is 0 Å². The van der Waals surface area contributed by atoms with E-state index in [-0.39, 0.29) is 17.2 Å². The molecule has 1 fully saturated rings. The summed E-state index contributed by atoms with van der Waals surface area (Å²) in [6.07, 6.45) is 2.58. The van der Waals surface area contributed by atoms with E-state index in [0.29, 0.717) is 0 Å². The van der Waals surface area contributed by atoms with Crippen LogP contribution in [0.1, 0.15) is 39.7 Å². The molecule has 4 heteroatoms. The molecule has 0 saturated carbocycles. The normalized spacial score (nSPS) is 23.4. The standard InChI is InChI=1S/C17H23N3O/c1-11-7-6-8-12-14(11)15(19-10-18-12)20-13-9-16(2,3)21-17(13,4)5/h6-8,10,13H,9H2,1-5H3,(H,18,19,20). The number of nitrogens with zero attached hydrogens (tertiary/aromatic N) is 2. The Bertz CT molecular complexity index is 674. The Morgan fingerprint density at radius 2 is 1.95 bits per heavy atom. The zero-order chi connectivity index (χ0) is 15.3. The highest BCUT2D eigenvalue weighted by Crippen LogP contribution is 2.39. The number of hydrogen-bond acceptors (Lipinski definition) is 4. The van der Waals surface area contributed by atoms with Crippen LogP contribution in [0.5, 0.6) is 0 Å². The highest BCUT2D eigenvalue weighted by molar-refractivity contribution is 5.91. The predicted octanol–water partition coefficient (Wildman–Crippen LogP) is 3.70. The molecule has 2 heterocycles. The highest BCUT2D eigenvalue weighted by Gasteiger charge is 2.46. The van der Waals surface area contributed by atoms with E-state index in [9.17, 15) is 0 Å². The summed E-state index contributed by atoms with van der Waals surface area (Å²) in [5.41, 5.74) is 1.83. The van der Waals surface area contributed by atoms with Gasteiger partial charge < -0.3 is 10.1 Å². The summed E-state index contributed by atoms with van der Waals surface area (Å²) in [4.78, 5) is 8.83. The van der Waals surface area contributed by atoms with Crippen LogP contribution in [0.3, 0.4) is 0 Å². The fourth-order valence-electron chi connectivity index (χ4n) is 3.34. The third kappa shape index (κ3) is 2.60. The number of aromatic nitrogens is 2. The Morgan fingerprint density at radius 3 is 2.62 bits per heavy atom. The van der Waals surface area contributed by atoms with Gasteiger partial charge in [-0.25, -0.2) is 9.97 Å². The number of ether oxygens (including phenoxy) is 1. The number of benzene rings is 1. The van der Waals surface area contributed by atoms with Gasteiger partial charge in [0.25, 0.3) is 0 Å². The van der Waals surface area contributed by atoms with Crippen LogP contribution in [0.15, 0.2) is 24.5 Å². The molecule has 1 aromatic heterocycles. The molecule has 0 bridgehead atoms. The lowest BCUT2D eigenvalue weighted by atomic mass is 9.94. The first kappa shape index (κ1) is 14.3. The molecule has 21 heavy (non-hydrogen) atoms. The first-order chi connectivity index (χ1) is 9.78. The van der Waals surface area contributed by atoms with Gasteiger partial charge in [-0.2, -0.15) is 0 Å². The first-order valence-corrected chi connectivity index (χ1v) is 7.46. The van der Waals surface area contributed by atoms with E-state index in [1.54, 1.807) is 6.33 Å². The molecular weight excluding hydrogens is 262 g/mol.